The van der Waals surface area contributed by atoms with Crippen molar-refractivity contribution in [3.63, 3.8) is 0 Å². The number of thiazole rings is 1. The molecule has 0 saturated heterocycles. The maximum atomic E-state index is 4.53. The van der Waals surface area contributed by atoms with E-state index in [2.05, 4.69) is 41.4 Å². The van der Waals surface area contributed by atoms with Gasteiger partial charge in [0.25, 0.3) is 0 Å². The van der Waals surface area contributed by atoms with Crippen LogP contribution in [0.15, 0.2) is 5.38 Å². The number of hydrogen-bond acceptors (Lipinski definition) is 4. The van der Waals surface area contributed by atoms with Crippen LogP contribution in [0.5, 0.6) is 0 Å². The van der Waals surface area contributed by atoms with Crippen molar-refractivity contribution in [3.8, 4) is 0 Å². The van der Waals surface area contributed by atoms with Gasteiger partial charge < -0.3 is 10.2 Å². The van der Waals surface area contributed by atoms with Crippen molar-refractivity contribution in [2.45, 2.75) is 39.7 Å². The maximum Gasteiger partial charge on any atom is 0.0897 e. The van der Waals surface area contributed by atoms with Crippen LogP contribution in [0.4, 0.5) is 0 Å². The van der Waals surface area contributed by atoms with Gasteiger partial charge in [0.1, 0.15) is 0 Å². The Bertz CT molecular complexity index is 307. The first-order valence-electron chi connectivity index (χ1n) is 6.50. The minimum atomic E-state index is 0.539. The van der Waals surface area contributed by atoms with Crippen LogP contribution in [0.1, 0.15) is 31.0 Å². The molecular weight excluding hydrogens is 230 g/mol. The quantitative estimate of drug-likeness (QED) is 0.772. The summed E-state index contributed by atoms with van der Waals surface area (Å²) in [5.41, 5.74) is 1.23. The molecule has 4 heteroatoms. The monoisotopic (exact) mass is 255 g/mol. The van der Waals surface area contributed by atoms with Gasteiger partial charge in [-0.2, -0.15) is 0 Å². The highest BCUT2D eigenvalue weighted by molar-refractivity contribution is 7.09. The fraction of sp³-hybridized carbons (Fsp3) is 0.769. The number of likely N-dealkylation sites (N-methyl/N-ethyl adjacent to an activating group) is 1. The zero-order valence-electron chi connectivity index (χ0n) is 11.5. The van der Waals surface area contributed by atoms with Crippen LogP contribution in [0, 0.1) is 6.92 Å². The normalized spacial score (nSPS) is 13.2. The minimum Gasteiger partial charge on any atom is -0.317 e. The fourth-order valence-electron chi connectivity index (χ4n) is 1.98. The van der Waals surface area contributed by atoms with Gasteiger partial charge in [-0.25, -0.2) is 4.98 Å². The summed E-state index contributed by atoms with van der Waals surface area (Å²) in [5.74, 6) is 0. The summed E-state index contributed by atoms with van der Waals surface area (Å²) in [6.45, 7) is 9.97. The summed E-state index contributed by atoms with van der Waals surface area (Å²) in [6, 6.07) is 0.539. The molecule has 17 heavy (non-hydrogen) atoms. The summed E-state index contributed by atoms with van der Waals surface area (Å²) in [6.07, 6.45) is 2.23. The van der Waals surface area contributed by atoms with E-state index in [4.69, 9.17) is 0 Å². The van der Waals surface area contributed by atoms with E-state index in [0.717, 1.165) is 19.5 Å². The third-order valence-electron chi connectivity index (χ3n) is 3.22. The van der Waals surface area contributed by atoms with Crippen LogP contribution < -0.4 is 5.32 Å². The molecule has 0 spiro atoms. The summed E-state index contributed by atoms with van der Waals surface area (Å²) < 4.78 is 0. The zero-order valence-corrected chi connectivity index (χ0v) is 12.3. The molecule has 0 amide bonds. The lowest BCUT2D eigenvalue weighted by Gasteiger charge is -2.22. The second kappa shape index (κ2) is 7.80. The predicted octanol–water partition coefficient (Wildman–Crippen LogP) is 2.31. The van der Waals surface area contributed by atoms with Crippen LogP contribution in [-0.2, 0) is 6.42 Å². The molecule has 1 rings (SSSR count). The van der Waals surface area contributed by atoms with Gasteiger partial charge in [-0.1, -0.05) is 13.8 Å². The number of aryl methyl sites for hydroxylation is 1. The van der Waals surface area contributed by atoms with Crippen molar-refractivity contribution >= 4 is 11.3 Å². The van der Waals surface area contributed by atoms with Crippen LogP contribution in [0.3, 0.4) is 0 Å². The maximum absolute atomic E-state index is 4.53. The first kappa shape index (κ1) is 14.6. The Morgan fingerprint density at radius 1 is 1.41 bits per heavy atom. The van der Waals surface area contributed by atoms with Crippen molar-refractivity contribution < 1.29 is 0 Å². The van der Waals surface area contributed by atoms with E-state index in [0.29, 0.717) is 6.04 Å². The highest BCUT2D eigenvalue weighted by atomic mass is 32.1. The summed E-state index contributed by atoms with van der Waals surface area (Å²) in [4.78, 5) is 7.00. The van der Waals surface area contributed by atoms with Crippen molar-refractivity contribution in [3.05, 3.63) is 16.1 Å². The van der Waals surface area contributed by atoms with E-state index in [9.17, 15) is 0 Å². The molecule has 0 fully saturated rings. The van der Waals surface area contributed by atoms with Crippen LogP contribution in [0.25, 0.3) is 0 Å². The Balaban J connectivity index is 2.38. The Kier molecular flexibility index (Phi) is 6.70. The van der Waals surface area contributed by atoms with Crippen molar-refractivity contribution in [2.24, 2.45) is 0 Å². The van der Waals surface area contributed by atoms with Gasteiger partial charge in [-0.15, -0.1) is 11.3 Å². The minimum absolute atomic E-state index is 0.539. The van der Waals surface area contributed by atoms with E-state index >= 15 is 0 Å². The Morgan fingerprint density at radius 3 is 2.59 bits per heavy atom. The van der Waals surface area contributed by atoms with Crippen molar-refractivity contribution in [1.82, 2.24) is 15.2 Å². The molecule has 1 aromatic heterocycles. The van der Waals surface area contributed by atoms with Gasteiger partial charge in [0, 0.05) is 17.8 Å². The van der Waals surface area contributed by atoms with Gasteiger partial charge in [0.15, 0.2) is 0 Å². The average Bonchev–Trinajstić information content (AvgIpc) is 2.74. The van der Waals surface area contributed by atoms with Gasteiger partial charge in [0.05, 0.1) is 10.7 Å². The number of nitrogens with one attached hydrogen (secondary N) is 1. The molecule has 0 aromatic carbocycles. The summed E-state index contributed by atoms with van der Waals surface area (Å²) in [5, 5.41) is 6.74. The largest absolute Gasteiger partial charge is 0.317 e. The number of hydrogen-bond donors (Lipinski definition) is 1. The summed E-state index contributed by atoms with van der Waals surface area (Å²) in [7, 11) is 2.05. The van der Waals surface area contributed by atoms with Gasteiger partial charge >= 0.3 is 0 Å². The molecule has 0 radical (unpaired) electrons. The zero-order chi connectivity index (χ0) is 12.7. The fourth-order valence-corrected chi connectivity index (χ4v) is 2.61. The molecule has 1 atom stereocenters. The molecular formula is C13H25N3S. The van der Waals surface area contributed by atoms with E-state index in [1.807, 2.05) is 7.05 Å². The molecule has 1 aromatic rings. The first-order valence-corrected chi connectivity index (χ1v) is 7.38. The SMILES string of the molecule is CCN(CC)CCC(Cc1csc(C)n1)NC. The van der Waals surface area contributed by atoms with Crippen molar-refractivity contribution in [1.29, 1.82) is 0 Å². The Labute approximate surface area is 109 Å². The predicted molar refractivity (Wildman–Crippen MR) is 75.8 cm³/mol. The average molecular weight is 255 g/mol. The van der Waals surface area contributed by atoms with Crippen LogP contribution in [-0.4, -0.2) is 42.6 Å². The third kappa shape index (κ3) is 5.15. The molecule has 0 aliphatic carbocycles. The van der Waals surface area contributed by atoms with E-state index < -0.39 is 0 Å². The third-order valence-corrected chi connectivity index (χ3v) is 4.04. The highest BCUT2D eigenvalue weighted by Crippen LogP contribution is 2.11. The lowest BCUT2D eigenvalue weighted by atomic mass is 10.1. The smallest absolute Gasteiger partial charge is 0.0897 e. The number of rotatable bonds is 8. The van der Waals surface area contributed by atoms with E-state index in [1.54, 1.807) is 11.3 Å². The highest BCUT2D eigenvalue weighted by Gasteiger charge is 2.10. The van der Waals surface area contributed by atoms with Gasteiger partial charge in [-0.05, 0) is 40.0 Å². The molecule has 98 valence electrons. The van der Waals surface area contributed by atoms with E-state index in [1.165, 1.54) is 23.7 Å². The Hall–Kier alpha value is -0.450. The molecule has 0 aliphatic heterocycles. The molecule has 1 N–H and O–H groups in total. The van der Waals surface area contributed by atoms with Crippen LogP contribution in [0.2, 0.25) is 0 Å². The molecule has 0 aliphatic rings. The van der Waals surface area contributed by atoms with Gasteiger partial charge in [0.2, 0.25) is 0 Å². The first-order chi connectivity index (χ1) is 8.19. The number of aromatic nitrogens is 1. The Morgan fingerprint density at radius 2 is 2.12 bits per heavy atom. The van der Waals surface area contributed by atoms with Crippen molar-refractivity contribution in [2.75, 3.05) is 26.7 Å². The number of nitrogens with zero attached hydrogens (tertiary/aromatic N) is 2. The lowest BCUT2D eigenvalue weighted by Crippen LogP contribution is -2.34. The lowest BCUT2D eigenvalue weighted by molar-refractivity contribution is 0.283. The molecule has 0 saturated carbocycles. The molecule has 0 bridgehead atoms. The second-order valence-electron chi connectivity index (χ2n) is 4.36. The van der Waals surface area contributed by atoms with Gasteiger partial charge in [-0.3, -0.25) is 0 Å². The van der Waals surface area contributed by atoms with Crippen LogP contribution >= 0.6 is 11.3 Å². The second-order valence-corrected chi connectivity index (χ2v) is 5.43. The standard InChI is InChI=1S/C13H25N3S/c1-5-16(6-2)8-7-12(14-4)9-13-10-17-11(3)15-13/h10,12,14H,5-9H2,1-4H3. The molecule has 1 unspecified atom stereocenters. The molecule has 3 nitrogen and oxygen atoms in total. The topological polar surface area (TPSA) is 28.2 Å². The molecule has 1 heterocycles. The van der Waals surface area contributed by atoms with E-state index in [-0.39, 0.29) is 0 Å². The summed E-state index contributed by atoms with van der Waals surface area (Å²) >= 11 is 1.74.